The van der Waals surface area contributed by atoms with Gasteiger partial charge in [0.1, 0.15) is 12.3 Å². The largest absolute Gasteiger partial charge is 0.490 e. The summed E-state index contributed by atoms with van der Waals surface area (Å²) in [4.78, 5) is 99.0. The van der Waals surface area contributed by atoms with Crippen molar-refractivity contribution in [1.82, 2.24) is 30.8 Å². The molecule has 3 unspecified atom stereocenters. The third-order valence-corrected chi connectivity index (χ3v) is 13.8. The third kappa shape index (κ3) is 15.0. The number of carbonyl (C=O) groups excluding carboxylic acids is 3. The number of amides is 4. The first kappa shape index (κ1) is 45.0. The number of nitrogens with zero attached hydrogens (tertiary/aromatic N) is 1. The molecule has 27 heteroatoms. The third-order valence-electron chi connectivity index (χ3n) is 8.53. The fourth-order valence-electron chi connectivity index (χ4n) is 5.97. The minimum Gasteiger partial charge on any atom is -0.390 e. The number of carbonyl (C=O) groups is 3. The van der Waals surface area contributed by atoms with E-state index in [1.54, 1.807) is 0 Å². The first-order valence-electron chi connectivity index (χ1n) is 17.2. The number of thioether (sulfide) groups is 1. The summed E-state index contributed by atoms with van der Waals surface area (Å²) in [5, 5.41) is 22.2. The molecule has 3 fully saturated rings. The number of aromatic amines is 1. The van der Waals surface area contributed by atoms with Crippen LogP contribution in [-0.4, -0.2) is 107 Å². The summed E-state index contributed by atoms with van der Waals surface area (Å²) in [5.41, 5.74) is -1.71. The van der Waals surface area contributed by atoms with E-state index < -0.39 is 59.8 Å². The number of phosphoric acid groups is 3. The highest BCUT2D eigenvalue weighted by atomic mass is 32.2. The van der Waals surface area contributed by atoms with Gasteiger partial charge in [-0.05, 0) is 25.7 Å². The van der Waals surface area contributed by atoms with E-state index in [2.05, 4.69) is 39.4 Å². The van der Waals surface area contributed by atoms with E-state index in [0.717, 1.165) is 42.2 Å². The Kier molecular flexibility index (Phi) is 16.5. The topological polar surface area (TPSA) is 343 Å². The van der Waals surface area contributed by atoms with Crippen LogP contribution < -0.4 is 32.5 Å². The molecule has 1 aromatic heterocycles. The van der Waals surface area contributed by atoms with Gasteiger partial charge in [-0.3, -0.25) is 28.5 Å². The quantitative estimate of drug-likeness (QED) is 0.0418. The molecule has 0 spiro atoms. The van der Waals surface area contributed by atoms with Gasteiger partial charge in [-0.25, -0.2) is 23.3 Å². The molecule has 310 valence electrons. The second-order valence-electron chi connectivity index (χ2n) is 12.8. The van der Waals surface area contributed by atoms with Crippen molar-refractivity contribution >= 4 is 59.2 Å². The lowest BCUT2D eigenvalue weighted by atomic mass is 10.0. The highest BCUT2D eigenvalue weighted by molar-refractivity contribution is 8.00. The number of aliphatic hydroxyl groups is 1. The van der Waals surface area contributed by atoms with Crippen LogP contribution in [-0.2, 0) is 41.2 Å². The summed E-state index contributed by atoms with van der Waals surface area (Å²) >= 11 is 1.85. The lowest BCUT2D eigenvalue weighted by Crippen LogP contribution is -2.36. The van der Waals surface area contributed by atoms with Gasteiger partial charge < -0.3 is 50.7 Å². The van der Waals surface area contributed by atoms with Gasteiger partial charge in [0, 0.05) is 49.6 Å². The van der Waals surface area contributed by atoms with Crippen LogP contribution >= 0.6 is 35.2 Å². The Balaban J connectivity index is 1.10. The zero-order valence-electron chi connectivity index (χ0n) is 29.2. The molecular formula is C28H45N6O17P3S. The number of aromatic nitrogens is 2. The van der Waals surface area contributed by atoms with Gasteiger partial charge in [0.2, 0.25) is 11.8 Å². The van der Waals surface area contributed by atoms with Crippen LogP contribution in [0.15, 0.2) is 21.9 Å². The van der Waals surface area contributed by atoms with Gasteiger partial charge in [0.05, 0.1) is 30.4 Å². The van der Waals surface area contributed by atoms with E-state index in [9.17, 15) is 52.6 Å². The van der Waals surface area contributed by atoms with Gasteiger partial charge in [0.25, 0.3) is 5.56 Å². The molecule has 10 N–H and O–H groups in total. The fourth-order valence-corrected chi connectivity index (χ4v) is 10.5. The molecule has 0 aromatic carbocycles. The smallest absolute Gasteiger partial charge is 0.390 e. The zero-order chi connectivity index (χ0) is 40.4. The molecule has 23 nitrogen and oxygen atoms in total. The average Bonchev–Trinajstić information content (AvgIpc) is 3.74. The number of H-pyrrole nitrogens is 1. The summed E-state index contributed by atoms with van der Waals surface area (Å²) in [6.07, 6.45) is 4.94. The van der Waals surface area contributed by atoms with Crippen molar-refractivity contribution in [3.05, 3.63) is 38.7 Å². The van der Waals surface area contributed by atoms with Gasteiger partial charge >= 0.3 is 35.2 Å². The molecule has 4 amide bonds. The SMILES string of the molecule is O=C(CCCCCNC(=O)CCCC[C@@H]1SC[C@@H]2NC(=O)NC21)NC/C=C/c1cn([C@H]2C[C@H](O)[C@@H](COP(=O)(O)OP(=O)(O)OP(=O)(O)O)O2)c(=O)[nH]c1=O. The van der Waals surface area contributed by atoms with E-state index in [0.29, 0.717) is 31.1 Å². The number of aliphatic hydroxyl groups excluding tert-OH is 1. The second-order valence-corrected chi connectivity index (χ2v) is 18.5. The molecule has 3 aliphatic rings. The lowest BCUT2D eigenvalue weighted by Gasteiger charge is -2.19. The highest BCUT2D eigenvalue weighted by Crippen LogP contribution is 2.66. The molecule has 0 saturated carbocycles. The predicted octanol–water partition coefficient (Wildman–Crippen LogP) is 0.0601. The fraction of sp³-hybridized carbons (Fsp3) is 0.679. The predicted molar refractivity (Wildman–Crippen MR) is 193 cm³/mol. The van der Waals surface area contributed by atoms with E-state index in [4.69, 9.17) is 14.5 Å². The number of hydrogen-bond acceptors (Lipinski definition) is 14. The summed E-state index contributed by atoms with van der Waals surface area (Å²) < 4.78 is 52.4. The lowest BCUT2D eigenvalue weighted by molar-refractivity contribution is -0.122. The van der Waals surface area contributed by atoms with Crippen molar-refractivity contribution in [1.29, 1.82) is 0 Å². The van der Waals surface area contributed by atoms with Crippen molar-refractivity contribution in [2.75, 3.05) is 25.4 Å². The summed E-state index contributed by atoms with van der Waals surface area (Å²) in [6.45, 7) is -0.388. The number of fused-ring (bicyclic) bond motifs is 1. The first-order chi connectivity index (χ1) is 25.8. The van der Waals surface area contributed by atoms with E-state index in [-0.39, 0.29) is 54.9 Å². The number of unbranched alkanes of at least 4 members (excludes halogenated alkanes) is 3. The molecular weight excluding hydrogens is 817 g/mol. The van der Waals surface area contributed by atoms with Gasteiger partial charge in [0.15, 0.2) is 0 Å². The van der Waals surface area contributed by atoms with Crippen molar-refractivity contribution in [3.8, 4) is 0 Å². The van der Waals surface area contributed by atoms with Crippen molar-refractivity contribution in [2.24, 2.45) is 0 Å². The number of rotatable bonds is 22. The number of hydrogen-bond donors (Lipinski definition) is 10. The maximum absolute atomic E-state index is 12.5. The molecule has 3 aliphatic heterocycles. The monoisotopic (exact) mass is 862 g/mol. The summed E-state index contributed by atoms with van der Waals surface area (Å²) in [6, 6.07) is 0.235. The highest BCUT2D eigenvalue weighted by Gasteiger charge is 2.44. The Bertz CT molecular complexity index is 1820. The van der Waals surface area contributed by atoms with Crippen molar-refractivity contribution in [3.63, 3.8) is 0 Å². The van der Waals surface area contributed by atoms with Crippen LogP contribution in [0, 0.1) is 0 Å². The van der Waals surface area contributed by atoms with Crippen LogP contribution in [0.5, 0.6) is 0 Å². The Labute approximate surface area is 317 Å². The van der Waals surface area contributed by atoms with E-state index in [1.165, 1.54) is 12.2 Å². The molecule has 0 radical (unpaired) electrons. The standard InChI is InChI=1S/C28H45N6O17P3S/c35-19-13-24(49-20(19)15-48-53(44,45)51-54(46,47)50-52(41,42)43)34-14-17(26(38)33-28(34)40)7-6-12-30-22(36)9-2-1-5-11-29-23(37)10-4-3-8-21-25-18(16-55-21)31-27(39)32-25/h6-7,14,18-21,24-25,35H,1-5,8-13,15-16H2,(H,29,37)(H,30,36)(H,44,45)(H,46,47)(H2,31,32,39)(H,33,38,40)(H2,41,42,43)/b7-6+/t18-,19-,20+,21-,24+,25?/m0/s1. The Hall–Kier alpha value is -2.69. The maximum Gasteiger partial charge on any atom is 0.490 e. The van der Waals surface area contributed by atoms with E-state index >= 15 is 0 Å². The normalized spacial score (nSPS) is 25.9. The Morgan fingerprint density at radius 1 is 0.964 bits per heavy atom. The number of phosphoric ester groups is 1. The van der Waals surface area contributed by atoms with Gasteiger partial charge in [-0.15, -0.1) is 0 Å². The Morgan fingerprint density at radius 2 is 1.67 bits per heavy atom. The Morgan fingerprint density at radius 3 is 2.40 bits per heavy atom. The van der Waals surface area contributed by atoms with E-state index in [1.807, 2.05) is 11.8 Å². The minimum absolute atomic E-state index is 0.0169. The van der Waals surface area contributed by atoms with Crippen molar-refractivity contribution in [2.45, 2.75) is 93.6 Å². The molecule has 0 bridgehead atoms. The molecule has 4 heterocycles. The molecule has 8 atom stereocenters. The van der Waals surface area contributed by atoms with Gasteiger partial charge in [-0.1, -0.05) is 25.0 Å². The molecule has 0 aliphatic carbocycles. The van der Waals surface area contributed by atoms with Crippen LogP contribution in [0.25, 0.3) is 6.08 Å². The van der Waals surface area contributed by atoms with Crippen LogP contribution in [0.3, 0.4) is 0 Å². The molecule has 55 heavy (non-hydrogen) atoms. The number of ether oxygens (including phenoxy) is 1. The number of urea groups is 1. The van der Waals surface area contributed by atoms with Gasteiger partial charge in [-0.2, -0.15) is 20.4 Å². The number of nitrogens with one attached hydrogen (secondary N) is 5. The van der Waals surface area contributed by atoms with Crippen LogP contribution in [0.4, 0.5) is 4.79 Å². The van der Waals surface area contributed by atoms with Crippen molar-refractivity contribution < 1.29 is 70.6 Å². The molecule has 4 rings (SSSR count). The summed E-state index contributed by atoms with van der Waals surface area (Å²) in [7, 11) is -16.8. The molecule has 1 aromatic rings. The first-order valence-corrected chi connectivity index (χ1v) is 22.7. The average molecular weight is 863 g/mol. The second kappa shape index (κ2) is 20.1. The maximum atomic E-state index is 12.5. The zero-order valence-corrected chi connectivity index (χ0v) is 32.7. The van der Waals surface area contributed by atoms with Crippen LogP contribution in [0.2, 0.25) is 0 Å². The van der Waals surface area contributed by atoms with Crippen LogP contribution in [0.1, 0.15) is 69.6 Å². The molecule has 3 saturated heterocycles. The summed E-state index contributed by atoms with van der Waals surface area (Å²) in [5.74, 6) is 0.653. The minimum atomic E-state index is -5.76.